The van der Waals surface area contributed by atoms with E-state index in [1.165, 1.54) is 18.7 Å². The van der Waals surface area contributed by atoms with E-state index < -0.39 is 0 Å². The van der Waals surface area contributed by atoms with Crippen LogP contribution in [0.1, 0.15) is 37.7 Å². The average Bonchev–Trinajstić information content (AvgIpc) is 2.42. The molecule has 2 rings (SSSR count). The minimum absolute atomic E-state index is 0.0562. The van der Waals surface area contributed by atoms with Gasteiger partial charge in [-0.2, -0.15) is 5.10 Å². The van der Waals surface area contributed by atoms with Gasteiger partial charge in [0.15, 0.2) is 0 Å². The fourth-order valence-electron chi connectivity index (χ4n) is 2.23. The zero-order valence-corrected chi connectivity index (χ0v) is 12.1. The van der Waals surface area contributed by atoms with E-state index in [0.717, 1.165) is 25.7 Å². The SMILES string of the molecule is O=C(N/N=C\c1ccc(Br)cc1F)C1CCCCC1. The number of hydrazone groups is 1. The van der Waals surface area contributed by atoms with Crippen molar-refractivity contribution in [2.24, 2.45) is 11.0 Å². The van der Waals surface area contributed by atoms with Gasteiger partial charge in [0.05, 0.1) is 6.21 Å². The molecule has 0 bridgehead atoms. The number of amides is 1. The molecule has 0 atom stereocenters. The molecule has 0 radical (unpaired) electrons. The number of hydrogen-bond acceptors (Lipinski definition) is 2. The van der Waals surface area contributed by atoms with Gasteiger partial charge in [-0.15, -0.1) is 0 Å². The van der Waals surface area contributed by atoms with Crippen LogP contribution < -0.4 is 5.43 Å². The van der Waals surface area contributed by atoms with Crippen molar-refractivity contribution in [3.8, 4) is 0 Å². The molecule has 3 nitrogen and oxygen atoms in total. The molecule has 102 valence electrons. The van der Waals surface area contributed by atoms with E-state index in [-0.39, 0.29) is 17.6 Å². The van der Waals surface area contributed by atoms with E-state index in [2.05, 4.69) is 26.5 Å². The fourth-order valence-corrected chi connectivity index (χ4v) is 2.56. The van der Waals surface area contributed by atoms with Gasteiger partial charge in [0, 0.05) is 16.0 Å². The Morgan fingerprint density at radius 3 is 2.79 bits per heavy atom. The summed E-state index contributed by atoms with van der Waals surface area (Å²) in [6.07, 6.45) is 6.59. The van der Waals surface area contributed by atoms with Gasteiger partial charge in [0.2, 0.25) is 5.91 Å². The predicted molar refractivity (Wildman–Crippen MR) is 76.4 cm³/mol. The number of benzene rings is 1. The molecule has 0 saturated heterocycles. The molecule has 0 aliphatic heterocycles. The van der Waals surface area contributed by atoms with Crippen molar-refractivity contribution in [1.29, 1.82) is 0 Å². The maximum Gasteiger partial charge on any atom is 0.243 e. The molecule has 1 aromatic rings. The molecule has 1 aromatic carbocycles. The van der Waals surface area contributed by atoms with Crippen LogP contribution >= 0.6 is 15.9 Å². The summed E-state index contributed by atoms with van der Waals surface area (Å²) < 4.78 is 14.2. The lowest BCUT2D eigenvalue weighted by Gasteiger charge is -2.19. The Morgan fingerprint density at radius 1 is 1.37 bits per heavy atom. The molecule has 1 saturated carbocycles. The lowest BCUT2D eigenvalue weighted by Crippen LogP contribution is -2.28. The maximum atomic E-state index is 13.5. The van der Waals surface area contributed by atoms with E-state index in [0.29, 0.717) is 10.0 Å². The van der Waals surface area contributed by atoms with Crippen molar-refractivity contribution in [2.45, 2.75) is 32.1 Å². The highest BCUT2D eigenvalue weighted by Gasteiger charge is 2.20. The highest BCUT2D eigenvalue weighted by atomic mass is 79.9. The molecule has 19 heavy (non-hydrogen) atoms. The molecule has 1 aliphatic carbocycles. The first kappa shape index (κ1) is 14.2. The van der Waals surface area contributed by atoms with Crippen molar-refractivity contribution in [3.05, 3.63) is 34.1 Å². The van der Waals surface area contributed by atoms with Crippen LogP contribution in [0.2, 0.25) is 0 Å². The number of halogens is 2. The number of carbonyl (C=O) groups excluding carboxylic acids is 1. The Bertz CT molecular complexity index is 484. The Hall–Kier alpha value is -1.23. The van der Waals surface area contributed by atoms with Crippen LogP contribution in [0, 0.1) is 11.7 Å². The van der Waals surface area contributed by atoms with E-state index in [1.54, 1.807) is 12.1 Å². The van der Waals surface area contributed by atoms with Crippen LogP contribution in [-0.2, 0) is 4.79 Å². The third-order valence-corrected chi connectivity index (χ3v) is 3.81. The van der Waals surface area contributed by atoms with Gasteiger partial charge in [-0.05, 0) is 31.0 Å². The molecule has 0 unspecified atom stereocenters. The Morgan fingerprint density at radius 2 is 2.11 bits per heavy atom. The molecule has 1 N–H and O–H groups in total. The van der Waals surface area contributed by atoms with Gasteiger partial charge in [-0.1, -0.05) is 35.2 Å². The normalized spacial score (nSPS) is 16.7. The maximum absolute atomic E-state index is 13.5. The monoisotopic (exact) mass is 326 g/mol. The first-order valence-electron chi connectivity index (χ1n) is 6.45. The minimum atomic E-state index is -0.370. The Balaban J connectivity index is 1.90. The molecule has 5 heteroatoms. The smallest absolute Gasteiger partial charge is 0.243 e. The Kier molecular flexibility index (Phi) is 5.07. The van der Waals surface area contributed by atoms with Crippen molar-refractivity contribution in [1.82, 2.24) is 5.43 Å². The van der Waals surface area contributed by atoms with Gasteiger partial charge in [0.25, 0.3) is 0 Å². The third-order valence-electron chi connectivity index (χ3n) is 3.32. The molecule has 1 fully saturated rings. The quantitative estimate of drug-likeness (QED) is 0.669. The zero-order chi connectivity index (χ0) is 13.7. The zero-order valence-electron chi connectivity index (χ0n) is 10.5. The van der Waals surface area contributed by atoms with E-state index in [1.807, 2.05) is 0 Å². The van der Waals surface area contributed by atoms with Gasteiger partial charge >= 0.3 is 0 Å². The summed E-state index contributed by atoms with van der Waals surface area (Å²) >= 11 is 3.19. The molecular formula is C14H16BrFN2O. The van der Waals surface area contributed by atoms with Crippen LogP contribution in [0.3, 0.4) is 0 Å². The van der Waals surface area contributed by atoms with Crippen LogP contribution in [0.4, 0.5) is 4.39 Å². The lowest BCUT2D eigenvalue weighted by molar-refractivity contribution is -0.125. The predicted octanol–water partition coefficient (Wildman–Crippen LogP) is 3.62. The van der Waals surface area contributed by atoms with Crippen LogP contribution in [-0.4, -0.2) is 12.1 Å². The van der Waals surface area contributed by atoms with E-state index >= 15 is 0 Å². The van der Waals surface area contributed by atoms with Crippen LogP contribution in [0.5, 0.6) is 0 Å². The van der Waals surface area contributed by atoms with Crippen molar-refractivity contribution >= 4 is 28.1 Å². The third kappa shape index (κ3) is 4.13. The number of carbonyl (C=O) groups is 1. The summed E-state index contributed by atoms with van der Waals surface area (Å²) in [7, 11) is 0. The summed E-state index contributed by atoms with van der Waals surface area (Å²) in [6, 6.07) is 4.70. The summed E-state index contributed by atoms with van der Waals surface area (Å²) in [4.78, 5) is 11.8. The molecule has 0 spiro atoms. The minimum Gasteiger partial charge on any atom is -0.273 e. The highest BCUT2D eigenvalue weighted by molar-refractivity contribution is 9.10. The number of nitrogens with zero attached hydrogens (tertiary/aromatic N) is 1. The molecular weight excluding hydrogens is 311 g/mol. The van der Waals surface area contributed by atoms with Crippen molar-refractivity contribution in [3.63, 3.8) is 0 Å². The first-order chi connectivity index (χ1) is 9.16. The van der Waals surface area contributed by atoms with Crippen molar-refractivity contribution < 1.29 is 9.18 Å². The standard InChI is InChI=1S/C14H16BrFN2O/c15-12-7-6-11(13(16)8-12)9-17-18-14(19)10-4-2-1-3-5-10/h6-10H,1-5H2,(H,18,19)/b17-9-. The van der Waals surface area contributed by atoms with Gasteiger partial charge < -0.3 is 0 Å². The number of rotatable bonds is 3. The van der Waals surface area contributed by atoms with Gasteiger partial charge in [-0.25, -0.2) is 9.82 Å². The lowest BCUT2D eigenvalue weighted by atomic mass is 9.89. The summed E-state index contributed by atoms with van der Waals surface area (Å²) in [6.45, 7) is 0. The number of nitrogens with one attached hydrogen (secondary N) is 1. The molecule has 0 heterocycles. The largest absolute Gasteiger partial charge is 0.273 e. The van der Waals surface area contributed by atoms with Crippen molar-refractivity contribution in [2.75, 3.05) is 0 Å². The summed E-state index contributed by atoms with van der Waals surface area (Å²) in [5.41, 5.74) is 2.85. The van der Waals surface area contributed by atoms with Gasteiger partial charge in [-0.3, -0.25) is 4.79 Å². The molecule has 0 aromatic heterocycles. The second-order valence-electron chi connectivity index (χ2n) is 4.74. The Labute approximate surface area is 120 Å². The summed E-state index contributed by atoms with van der Waals surface area (Å²) in [5.74, 6) is -0.376. The van der Waals surface area contributed by atoms with E-state index in [9.17, 15) is 9.18 Å². The van der Waals surface area contributed by atoms with Gasteiger partial charge in [0.1, 0.15) is 5.82 Å². The second-order valence-corrected chi connectivity index (χ2v) is 5.65. The highest BCUT2D eigenvalue weighted by Crippen LogP contribution is 2.23. The fraction of sp³-hybridized carbons (Fsp3) is 0.429. The second kappa shape index (κ2) is 6.80. The van der Waals surface area contributed by atoms with E-state index in [4.69, 9.17) is 0 Å². The van der Waals surface area contributed by atoms with Crippen LogP contribution in [0.25, 0.3) is 0 Å². The first-order valence-corrected chi connectivity index (χ1v) is 7.24. The number of hydrogen-bond donors (Lipinski definition) is 1. The summed E-state index contributed by atoms with van der Waals surface area (Å²) in [5, 5.41) is 3.83. The average molecular weight is 327 g/mol. The van der Waals surface area contributed by atoms with Crippen LogP contribution in [0.15, 0.2) is 27.8 Å². The molecule has 1 amide bonds. The topological polar surface area (TPSA) is 41.5 Å². The molecule has 1 aliphatic rings.